The van der Waals surface area contributed by atoms with E-state index in [9.17, 15) is 29.4 Å². The summed E-state index contributed by atoms with van der Waals surface area (Å²) < 4.78 is 0. The molecule has 0 atom stereocenters. The van der Waals surface area contributed by atoms with E-state index in [4.69, 9.17) is 0 Å². The van der Waals surface area contributed by atoms with Crippen LogP contribution in [0.25, 0.3) is 0 Å². The first kappa shape index (κ1) is 19.8. The molecule has 0 heterocycles. The number of hydrogen-bond acceptors (Lipinski definition) is 6. The van der Waals surface area contributed by atoms with E-state index in [0.717, 1.165) is 0 Å². The van der Waals surface area contributed by atoms with Gasteiger partial charge in [0, 0.05) is 33.4 Å². The first-order chi connectivity index (χ1) is 12.8. The molecule has 28 heavy (non-hydrogen) atoms. The number of Topliss-reactive ketones (excluding diaryl/α,β-unsaturated/α-hetero) is 2. The van der Waals surface area contributed by atoms with Crippen molar-refractivity contribution in [1.29, 1.82) is 0 Å². The molecule has 1 aliphatic rings. The first-order valence-corrected chi connectivity index (χ1v) is 8.74. The molecule has 144 valence electrons. The molecule has 0 aliphatic heterocycles. The highest BCUT2D eigenvalue weighted by molar-refractivity contribution is 6.29. The van der Waals surface area contributed by atoms with Crippen molar-refractivity contribution in [3.63, 3.8) is 0 Å². The van der Waals surface area contributed by atoms with E-state index in [-0.39, 0.29) is 33.4 Å². The minimum Gasteiger partial charge on any atom is -0.382 e. The van der Waals surface area contributed by atoms with Gasteiger partial charge in [-0.15, -0.1) is 0 Å². The number of hydrogen-bond donors (Lipinski definition) is 2. The standard InChI is InChI=1S/C22H20O6/c1-21(2,27)19(25)11-5-7-13-15(9-11)18(24)16-10-12(20(26)22(3,4)28)6-8-14(16)17(13)23/h5-10,27-28H,1-4H3. The van der Waals surface area contributed by atoms with Gasteiger partial charge in [-0.25, -0.2) is 0 Å². The second kappa shape index (κ2) is 6.29. The van der Waals surface area contributed by atoms with Crippen LogP contribution in [0.3, 0.4) is 0 Å². The zero-order valence-corrected chi connectivity index (χ0v) is 16.0. The van der Waals surface area contributed by atoms with Crippen LogP contribution < -0.4 is 0 Å². The quantitative estimate of drug-likeness (QED) is 0.673. The van der Waals surface area contributed by atoms with E-state index >= 15 is 0 Å². The number of aliphatic hydroxyl groups is 2. The van der Waals surface area contributed by atoms with Crippen molar-refractivity contribution in [2.75, 3.05) is 0 Å². The lowest BCUT2D eigenvalue weighted by atomic mass is 9.81. The average molecular weight is 380 g/mol. The Kier molecular flexibility index (Phi) is 4.45. The second-order valence-corrected chi connectivity index (χ2v) is 7.96. The van der Waals surface area contributed by atoms with Gasteiger partial charge in [0.2, 0.25) is 0 Å². The average Bonchev–Trinajstić information content (AvgIpc) is 2.62. The van der Waals surface area contributed by atoms with Crippen LogP contribution in [-0.2, 0) is 0 Å². The monoisotopic (exact) mass is 380 g/mol. The van der Waals surface area contributed by atoms with E-state index in [2.05, 4.69) is 0 Å². The maximum Gasteiger partial charge on any atom is 0.194 e. The van der Waals surface area contributed by atoms with Crippen LogP contribution in [0.15, 0.2) is 36.4 Å². The van der Waals surface area contributed by atoms with Crippen LogP contribution in [0.2, 0.25) is 0 Å². The van der Waals surface area contributed by atoms with E-state index in [0.29, 0.717) is 0 Å². The number of benzene rings is 2. The SMILES string of the molecule is CC(C)(O)C(=O)c1ccc2c(c1)C(=O)c1cc(C(=O)C(C)(C)O)ccc1C2=O. The Morgan fingerprint density at radius 3 is 1.29 bits per heavy atom. The molecule has 0 amide bonds. The van der Waals surface area contributed by atoms with Crippen molar-refractivity contribution in [3.8, 4) is 0 Å². The Bertz CT molecular complexity index is 966. The topological polar surface area (TPSA) is 109 Å². The molecule has 0 aromatic heterocycles. The highest BCUT2D eigenvalue weighted by Gasteiger charge is 2.34. The van der Waals surface area contributed by atoms with E-state index in [1.165, 1.54) is 64.1 Å². The number of ketones is 4. The summed E-state index contributed by atoms with van der Waals surface area (Å²) in [5.74, 6) is -2.05. The highest BCUT2D eigenvalue weighted by atomic mass is 16.3. The molecule has 0 spiro atoms. The summed E-state index contributed by atoms with van der Waals surface area (Å²) in [6.07, 6.45) is 0. The van der Waals surface area contributed by atoms with Crippen LogP contribution in [-0.4, -0.2) is 44.5 Å². The van der Waals surface area contributed by atoms with Crippen molar-refractivity contribution in [2.45, 2.75) is 38.9 Å². The second-order valence-electron chi connectivity index (χ2n) is 7.96. The molecule has 0 bridgehead atoms. The summed E-state index contributed by atoms with van der Waals surface area (Å²) in [7, 11) is 0. The van der Waals surface area contributed by atoms with Crippen molar-refractivity contribution in [3.05, 3.63) is 69.8 Å². The summed E-state index contributed by atoms with van der Waals surface area (Å²) in [5, 5.41) is 19.9. The molecular formula is C22H20O6. The first-order valence-electron chi connectivity index (χ1n) is 8.74. The van der Waals surface area contributed by atoms with E-state index in [1.54, 1.807) is 0 Å². The van der Waals surface area contributed by atoms with Crippen molar-refractivity contribution in [2.24, 2.45) is 0 Å². The van der Waals surface area contributed by atoms with Crippen LogP contribution in [0.4, 0.5) is 0 Å². The van der Waals surface area contributed by atoms with E-state index < -0.39 is 34.3 Å². The van der Waals surface area contributed by atoms with Gasteiger partial charge in [-0.3, -0.25) is 19.2 Å². The number of carbonyl (C=O) groups excluding carboxylic acids is 4. The van der Waals surface area contributed by atoms with Gasteiger partial charge in [0.15, 0.2) is 23.1 Å². The third kappa shape index (κ3) is 3.21. The summed E-state index contributed by atoms with van der Waals surface area (Å²) in [5.41, 5.74) is -2.63. The van der Waals surface area contributed by atoms with Gasteiger partial charge in [-0.05, 0) is 52.0 Å². The van der Waals surface area contributed by atoms with Crippen LogP contribution >= 0.6 is 0 Å². The number of carbonyl (C=O) groups is 4. The zero-order chi connectivity index (χ0) is 21.0. The molecule has 2 N–H and O–H groups in total. The van der Waals surface area contributed by atoms with Crippen LogP contribution in [0.5, 0.6) is 0 Å². The third-order valence-electron chi connectivity index (χ3n) is 4.65. The van der Waals surface area contributed by atoms with Gasteiger partial charge >= 0.3 is 0 Å². The summed E-state index contributed by atoms with van der Waals surface area (Å²) in [6, 6.07) is 8.19. The molecule has 0 saturated heterocycles. The van der Waals surface area contributed by atoms with Crippen LogP contribution in [0.1, 0.15) is 80.3 Å². The van der Waals surface area contributed by atoms with Crippen molar-refractivity contribution in [1.82, 2.24) is 0 Å². The molecule has 3 rings (SSSR count). The smallest absolute Gasteiger partial charge is 0.194 e. The summed E-state index contributed by atoms with van der Waals surface area (Å²) in [6.45, 7) is 5.36. The minimum absolute atomic E-state index is 0.0421. The minimum atomic E-state index is -1.62. The van der Waals surface area contributed by atoms with Gasteiger partial charge in [-0.1, -0.05) is 12.1 Å². The predicted molar refractivity (Wildman–Crippen MR) is 101 cm³/mol. The largest absolute Gasteiger partial charge is 0.382 e. The Morgan fingerprint density at radius 1 is 0.643 bits per heavy atom. The lowest BCUT2D eigenvalue weighted by Crippen LogP contribution is -2.32. The van der Waals surface area contributed by atoms with Crippen LogP contribution in [0, 0.1) is 0 Å². The zero-order valence-electron chi connectivity index (χ0n) is 16.0. The number of fused-ring (bicyclic) bond motifs is 2. The Labute approximate surface area is 161 Å². The predicted octanol–water partition coefficient (Wildman–Crippen LogP) is 2.37. The molecule has 6 heteroatoms. The molecule has 0 radical (unpaired) electrons. The van der Waals surface area contributed by atoms with Gasteiger partial charge in [0.05, 0.1) is 0 Å². The van der Waals surface area contributed by atoms with Gasteiger partial charge in [0.25, 0.3) is 0 Å². The number of rotatable bonds is 4. The Hall–Kier alpha value is -2.96. The summed E-state index contributed by atoms with van der Waals surface area (Å²) >= 11 is 0. The summed E-state index contributed by atoms with van der Waals surface area (Å²) in [4.78, 5) is 50.4. The molecule has 2 aromatic rings. The molecule has 1 aliphatic carbocycles. The molecule has 6 nitrogen and oxygen atoms in total. The molecular weight excluding hydrogens is 360 g/mol. The normalized spacial score (nSPS) is 13.8. The Balaban J connectivity index is 2.13. The molecule has 0 unspecified atom stereocenters. The maximum absolute atomic E-state index is 13.0. The van der Waals surface area contributed by atoms with Gasteiger partial charge < -0.3 is 10.2 Å². The third-order valence-corrected chi connectivity index (χ3v) is 4.65. The fourth-order valence-corrected chi connectivity index (χ4v) is 3.14. The maximum atomic E-state index is 13.0. The highest BCUT2D eigenvalue weighted by Crippen LogP contribution is 2.30. The van der Waals surface area contributed by atoms with Crippen molar-refractivity contribution < 1.29 is 29.4 Å². The Morgan fingerprint density at radius 2 is 0.964 bits per heavy atom. The van der Waals surface area contributed by atoms with Crippen molar-refractivity contribution >= 4 is 23.1 Å². The van der Waals surface area contributed by atoms with Gasteiger partial charge in [-0.2, -0.15) is 0 Å². The van der Waals surface area contributed by atoms with Gasteiger partial charge in [0.1, 0.15) is 11.2 Å². The molecule has 0 saturated carbocycles. The molecule has 0 fully saturated rings. The van der Waals surface area contributed by atoms with E-state index in [1.807, 2.05) is 0 Å². The fraction of sp³-hybridized carbons (Fsp3) is 0.273. The lowest BCUT2D eigenvalue weighted by molar-refractivity contribution is 0.0487. The molecule has 2 aromatic carbocycles. The lowest BCUT2D eigenvalue weighted by Gasteiger charge is -2.21. The fourth-order valence-electron chi connectivity index (χ4n) is 3.14.